The summed E-state index contributed by atoms with van der Waals surface area (Å²) in [7, 11) is -3.19. The van der Waals surface area contributed by atoms with Crippen molar-refractivity contribution in [2.75, 3.05) is 6.26 Å². The van der Waals surface area contributed by atoms with Crippen LogP contribution in [0, 0.1) is 5.41 Å². The van der Waals surface area contributed by atoms with Gasteiger partial charge in [0.25, 0.3) is 0 Å². The van der Waals surface area contributed by atoms with E-state index in [-0.39, 0.29) is 6.04 Å². The molecule has 1 N–H and O–H groups in total. The van der Waals surface area contributed by atoms with Gasteiger partial charge in [-0.15, -0.1) is 11.3 Å². The highest BCUT2D eigenvalue weighted by atomic mass is 32.2. The van der Waals surface area contributed by atoms with Crippen LogP contribution in [0.15, 0.2) is 16.3 Å². The predicted molar refractivity (Wildman–Crippen MR) is 73.5 cm³/mol. The van der Waals surface area contributed by atoms with Gasteiger partial charge in [0, 0.05) is 29.1 Å². The second-order valence-electron chi connectivity index (χ2n) is 5.22. The summed E-state index contributed by atoms with van der Waals surface area (Å²) in [6, 6.07) is 2.87. The van der Waals surface area contributed by atoms with E-state index in [1.807, 2.05) is 0 Å². The van der Waals surface area contributed by atoms with Gasteiger partial charge in [0.15, 0.2) is 9.84 Å². The summed E-state index contributed by atoms with van der Waals surface area (Å²) < 4.78 is 48.6. The SMILES string of the molecule is C[C@H](NCc1ccc(S(C)(=O)=O)s1)C(C)(C)C(F)F. The molecule has 1 rings (SSSR count). The Bertz CT molecular complexity index is 524. The maximum absolute atomic E-state index is 12.8. The minimum atomic E-state index is -3.19. The molecule has 110 valence electrons. The molecule has 0 aromatic carbocycles. The van der Waals surface area contributed by atoms with Gasteiger partial charge in [0.1, 0.15) is 4.21 Å². The zero-order valence-electron chi connectivity index (χ0n) is 11.4. The zero-order valence-corrected chi connectivity index (χ0v) is 13.0. The molecule has 19 heavy (non-hydrogen) atoms. The second-order valence-corrected chi connectivity index (χ2v) is 8.63. The molecule has 0 aliphatic heterocycles. The first-order chi connectivity index (χ1) is 8.55. The smallest absolute Gasteiger partial charge is 0.245 e. The van der Waals surface area contributed by atoms with Crippen LogP contribution in [0.1, 0.15) is 25.6 Å². The summed E-state index contributed by atoms with van der Waals surface area (Å²) in [6.07, 6.45) is -1.26. The molecule has 0 saturated heterocycles. The van der Waals surface area contributed by atoms with Crippen LogP contribution in [0.25, 0.3) is 0 Å². The van der Waals surface area contributed by atoms with Crippen molar-refractivity contribution in [2.24, 2.45) is 5.41 Å². The van der Waals surface area contributed by atoms with Gasteiger partial charge in [0.2, 0.25) is 6.43 Å². The molecule has 3 nitrogen and oxygen atoms in total. The first-order valence-electron chi connectivity index (χ1n) is 5.85. The van der Waals surface area contributed by atoms with E-state index >= 15 is 0 Å². The number of sulfone groups is 1. The van der Waals surface area contributed by atoms with E-state index in [0.717, 1.165) is 22.5 Å². The van der Waals surface area contributed by atoms with E-state index in [4.69, 9.17) is 0 Å². The van der Waals surface area contributed by atoms with E-state index < -0.39 is 21.7 Å². The largest absolute Gasteiger partial charge is 0.309 e. The van der Waals surface area contributed by atoms with Crippen molar-refractivity contribution < 1.29 is 17.2 Å². The van der Waals surface area contributed by atoms with E-state index in [0.29, 0.717) is 10.8 Å². The third kappa shape index (κ3) is 4.22. The van der Waals surface area contributed by atoms with Crippen molar-refractivity contribution in [3.8, 4) is 0 Å². The van der Waals surface area contributed by atoms with Crippen molar-refractivity contribution in [3.05, 3.63) is 17.0 Å². The van der Waals surface area contributed by atoms with Crippen LogP contribution < -0.4 is 5.32 Å². The summed E-state index contributed by atoms with van der Waals surface area (Å²) in [4.78, 5) is 0.817. The molecular weight excluding hydrogens is 292 g/mol. The average molecular weight is 311 g/mol. The molecule has 7 heteroatoms. The molecule has 0 aliphatic carbocycles. The molecule has 0 bridgehead atoms. The van der Waals surface area contributed by atoms with Crippen molar-refractivity contribution in [1.82, 2.24) is 5.32 Å². The van der Waals surface area contributed by atoms with Crippen molar-refractivity contribution in [1.29, 1.82) is 0 Å². The van der Waals surface area contributed by atoms with Crippen LogP contribution in [-0.2, 0) is 16.4 Å². The van der Waals surface area contributed by atoms with Gasteiger partial charge in [0.05, 0.1) is 0 Å². The number of halogens is 2. The van der Waals surface area contributed by atoms with Gasteiger partial charge >= 0.3 is 0 Å². The Morgan fingerprint density at radius 1 is 1.37 bits per heavy atom. The van der Waals surface area contributed by atoms with Crippen LogP contribution in [-0.4, -0.2) is 27.1 Å². The lowest BCUT2D eigenvalue weighted by atomic mass is 9.86. The zero-order chi connectivity index (χ0) is 14.8. The van der Waals surface area contributed by atoms with Crippen molar-refractivity contribution in [3.63, 3.8) is 0 Å². The fourth-order valence-corrected chi connectivity index (χ4v) is 3.29. The highest BCUT2D eigenvalue weighted by Crippen LogP contribution is 2.29. The van der Waals surface area contributed by atoms with Crippen LogP contribution >= 0.6 is 11.3 Å². The highest BCUT2D eigenvalue weighted by molar-refractivity contribution is 7.92. The molecule has 0 unspecified atom stereocenters. The number of hydrogen-bond donors (Lipinski definition) is 1. The van der Waals surface area contributed by atoms with Crippen LogP contribution in [0.3, 0.4) is 0 Å². The van der Waals surface area contributed by atoms with Crippen LogP contribution in [0.2, 0.25) is 0 Å². The summed E-state index contributed by atoms with van der Waals surface area (Å²) in [6.45, 7) is 5.10. The fourth-order valence-electron chi connectivity index (χ4n) is 1.36. The van der Waals surface area contributed by atoms with Gasteiger partial charge in [-0.05, 0) is 19.1 Å². The molecule has 0 aliphatic rings. The van der Waals surface area contributed by atoms with Gasteiger partial charge in [-0.1, -0.05) is 13.8 Å². The summed E-state index contributed by atoms with van der Waals surface area (Å²) in [5.74, 6) is 0. The Balaban J connectivity index is 2.66. The number of nitrogens with one attached hydrogen (secondary N) is 1. The maximum atomic E-state index is 12.8. The molecule has 1 heterocycles. The van der Waals surface area contributed by atoms with E-state index in [1.54, 1.807) is 19.1 Å². The predicted octanol–water partition coefficient (Wildman–Crippen LogP) is 2.92. The molecule has 0 amide bonds. The van der Waals surface area contributed by atoms with Crippen LogP contribution in [0.4, 0.5) is 8.78 Å². The molecule has 0 radical (unpaired) electrons. The number of rotatable bonds is 6. The topological polar surface area (TPSA) is 46.2 Å². The Morgan fingerprint density at radius 2 is 1.95 bits per heavy atom. The molecule has 0 spiro atoms. The molecule has 1 aromatic heterocycles. The third-order valence-corrected chi connectivity index (χ3v) is 6.17. The monoisotopic (exact) mass is 311 g/mol. The van der Waals surface area contributed by atoms with Gasteiger partial charge < -0.3 is 5.32 Å². The lowest BCUT2D eigenvalue weighted by Crippen LogP contribution is -2.43. The highest BCUT2D eigenvalue weighted by Gasteiger charge is 2.35. The standard InChI is InChI=1S/C12H19F2NO2S2/c1-8(12(2,3)11(13)14)15-7-9-5-6-10(18-9)19(4,16)17/h5-6,8,11,15H,7H2,1-4H3/t8-/m0/s1. The van der Waals surface area contributed by atoms with Gasteiger partial charge in [-0.3, -0.25) is 0 Å². The Kier molecular flexibility index (Phi) is 5.08. The van der Waals surface area contributed by atoms with Gasteiger partial charge in [-0.25, -0.2) is 17.2 Å². The first kappa shape index (κ1) is 16.5. The number of thiophene rings is 1. The molecule has 1 aromatic rings. The lowest BCUT2D eigenvalue weighted by molar-refractivity contribution is -0.00254. The second kappa shape index (κ2) is 5.85. The maximum Gasteiger partial charge on any atom is 0.245 e. The third-order valence-electron chi connectivity index (χ3n) is 3.26. The average Bonchev–Trinajstić information content (AvgIpc) is 2.73. The van der Waals surface area contributed by atoms with E-state index in [9.17, 15) is 17.2 Å². The fraction of sp³-hybridized carbons (Fsp3) is 0.667. The van der Waals surface area contributed by atoms with Gasteiger partial charge in [-0.2, -0.15) is 0 Å². The first-order valence-corrected chi connectivity index (χ1v) is 8.56. The molecular formula is C12H19F2NO2S2. The summed E-state index contributed by atoms with van der Waals surface area (Å²) in [5, 5.41) is 3.02. The minimum Gasteiger partial charge on any atom is -0.309 e. The van der Waals surface area contributed by atoms with Crippen molar-refractivity contribution >= 4 is 21.2 Å². The summed E-state index contributed by atoms with van der Waals surface area (Å²) in [5.41, 5.74) is -1.13. The number of alkyl halides is 2. The van der Waals surface area contributed by atoms with Crippen LogP contribution in [0.5, 0.6) is 0 Å². The molecule has 0 fully saturated rings. The Morgan fingerprint density at radius 3 is 2.37 bits per heavy atom. The Hall–Kier alpha value is -0.530. The molecule has 1 atom stereocenters. The van der Waals surface area contributed by atoms with E-state index in [1.165, 1.54) is 13.8 Å². The summed E-state index contributed by atoms with van der Waals surface area (Å²) >= 11 is 1.16. The Labute approximate surface area is 116 Å². The number of hydrogen-bond acceptors (Lipinski definition) is 4. The lowest BCUT2D eigenvalue weighted by Gasteiger charge is -2.31. The van der Waals surface area contributed by atoms with Crippen molar-refractivity contribution in [2.45, 2.75) is 44.0 Å². The van der Waals surface area contributed by atoms with E-state index in [2.05, 4.69) is 5.32 Å². The normalized spacial score (nSPS) is 14.9. The molecule has 0 saturated carbocycles. The minimum absolute atomic E-state index is 0.296. The quantitative estimate of drug-likeness (QED) is 0.878.